The lowest BCUT2D eigenvalue weighted by atomic mass is 10.1. The fourth-order valence-electron chi connectivity index (χ4n) is 1.40. The van der Waals surface area contributed by atoms with E-state index in [0.29, 0.717) is 10.1 Å². The third-order valence-electron chi connectivity index (χ3n) is 2.28. The molecule has 17 heavy (non-hydrogen) atoms. The van der Waals surface area contributed by atoms with Gasteiger partial charge in [-0.3, -0.25) is 0 Å². The average molecular weight is 328 g/mol. The normalized spacial score (nSPS) is 11.6. The molecule has 2 aromatic carbocycles. The molecule has 0 radical (unpaired) electrons. The molecular weight excluding hydrogens is 319 g/mol. The molecule has 0 spiro atoms. The zero-order valence-electron chi connectivity index (χ0n) is 8.83. The monoisotopic (exact) mass is 326 g/mol. The Labute approximate surface area is 119 Å². The molecular formula is C14H9BrCl2. The molecule has 0 N–H and O–H groups in total. The van der Waals surface area contributed by atoms with Gasteiger partial charge in [0.05, 0.1) is 0 Å². The Balaban J connectivity index is 2.27. The van der Waals surface area contributed by atoms with Crippen LogP contribution in [0.25, 0.3) is 11.1 Å². The Morgan fingerprint density at radius 3 is 2.12 bits per heavy atom. The molecule has 86 valence electrons. The van der Waals surface area contributed by atoms with E-state index in [9.17, 15) is 0 Å². The summed E-state index contributed by atoms with van der Waals surface area (Å²) in [4.78, 5) is 0. The topological polar surface area (TPSA) is 0 Å². The highest BCUT2D eigenvalue weighted by Gasteiger charge is 1.98. The second kappa shape index (κ2) is 5.72. The van der Waals surface area contributed by atoms with Crippen molar-refractivity contribution in [1.82, 2.24) is 0 Å². The molecule has 0 unspecified atom stereocenters. The van der Waals surface area contributed by atoms with Crippen LogP contribution in [0.4, 0.5) is 0 Å². The summed E-state index contributed by atoms with van der Waals surface area (Å²) in [6.07, 6.45) is 1.93. The van der Waals surface area contributed by atoms with Crippen LogP contribution >= 0.6 is 39.1 Å². The van der Waals surface area contributed by atoms with Crippen LogP contribution in [-0.4, -0.2) is 0 Å². The van der Waals surface area contributed by atoms with Gasteiger partial charge in [-0.1, -0.05) is 63.4 Å². The average Bonchev–Trinajstić information content (AvgIpc) is 2.33. The Morgan fingerprint density at radius 1 is 0.941 bits per heavy atom. The summed E-state index contributed by atoms with van der Waals surface area (Å²) in [5.74, 6) is 0. The predicted molar refractivity (Wildman–Crippen MR) is 79.3 cm³/mol. The Morgan fingerprint density at radius 2 is 1.53 bits per heavy atom. The standard InChI is InChI=1S/C14H9BrCl2/c15-12-5-1-10(2-6-12)9-14(17)11-3-7-13(16)8-4-11/h1-9H/b14-9-. The molecule has 2 aromatic rings. The smallest absolute Gasteiger partial charge is 0.0484 e. The van der Waals surface area contributed by atoms with E-state index in [2.05, 4.69) is 15.9 Å². The lowest BCUT2D eigenvalue weighted by Gasteiger charge is -2.00. The highest BCUT2D eigenvalue weighted by molar-refractivity contribution is 9.10. The maximum absolute atomic E-state index is 6.24. The van der Waals surface area contributed by atoms with Crippen molar-refractivity contribution in [3.63, 3.8) is 0 Å². The Kier molecular flexibility index (Phi) is 4.27. The SMILES string of the molecule is Cl/C(=C\c1ccc(Br)cc1)c1ccc(Cl)cc1. The van der Waals surface area contributed by atoms with Gasteiger partial charge in [-0.2, -0.15) is 0 Å². The molecule has 0 aliphatic heterocycles. The number of benzene rings is 2. The van der Waals surface area contributed by atoms with Gasteiger partial charge in [0, 0.05) is 14.5 Å². The van der Waals surface area contributed by atoms with Crippen molar-refractivity contribution in [2.45, 2.75) is 0 Å². The minimum absolute atomic E-state index is 0.698. The van der Waals surface area contributed by atoms with Crippen molar-refractivity contribution in [3.8, 4) is 0 Å². The van der Waals surface area contributed by atoms with Crippen molar-refractivity contribution in [2.24, 2.45) is 0 Å². The van der Waals surface area contributed by atoms with E-state index in [0.717, 1.165) is 15.6 Å². The van der Waals surface area contributed by atoms with Gasteiger partial charge in [0.1, 0.15) is 0 Å². The van der Waals surface area contributed by atoms with E-state index in [-0.39, 0.29) is 0 Å². The van der Waals surface area contributed by atoms with Gasteiger partial charge >= 0.3 is 0 Å². The first-order valence-corrected chi connectivity index (χ1v) is 6.59. The Hall–Kier alpha value is -0.760. The maximum Gasteiger partial charge on any atom is 0.0484 e. The molecule has 0 aliphatic carbocycles. The molecule has 0 aliphatic rings. The van der Waals surface area contributed by atoms with Crippen LogP contribution in [0.2, 0.25) is 5.02 Å². The van der Waals surface area contributed by atoms with E-state index >= 15 is 0 Å². The molecule has 0 fully saturated rings. The summed E-state index contributed by atoms with van der Waals surface area (Å²) in [5, 5.41) is 1.41. The number of rotatable bonds is 2. The third kappa shape index (κ3) is 3.60. The molecule has 0 bridgehead atoms. The molecule has 0 saturated heterocycles. The van der Waals surface area contributed by atoms with Crippen LogP contribution in [-0.2, 0) is 0 Å². The van der Waals surface area contributed by atoms with Gasteiger partial charge in [0.2, 0.25) is 0 Å². The van der Waals surface area contributed by atoms with Gasteiger partial charge in [-0.05, 0) is 41.5 Å². The summed E-state index contributed by atoms with van der Waals surface area (Å²) >= 11 is 15.5. The second-order valence-electron chi connectivity index (χ2n) is 3.55. The fraction of sp³-hybridized carbons (Fsp3) is 0. The largest absolute Gasteiger partial charge is 0.0843 e. The summed E-state index contributed by atoms with van der Waals surface area (Å²) in [7, 11) is 0. The summed E-state index contributed by atoms with van der Waals surface area (Å²) in [5.41, 5.74) is 2.02. The van der Waals surface area contributed by atoms with Crippen LogP contribution in [0, 0.1) is 0 Å². The summed E-state index contributed by atoms with van der Waals surface area (Å²) < 4.78 is 1.05. The minimum Gasteiger partial charge on any atom is -0.0843 e. The van der Waals surface area contributed by atoms with Gasteiger partial charge in [-0.25, -0.2) is 0 Å². The highest BCUT2D eigenvalue weighted by Crippen LogP contribution is 2.24. The molecule has 0 amide bonds. The quantitative estimate of drug-likeness (QED) is 0.608. The molecule has 0 atom stereocenters. The van der Waals surface area contributed by atoms with Gasteiger partial charge in [0.15, 0.2) is 0 Å². The van der Waals surface area contributed by atoms with Crippen LogP contribution in [0.1, 0.15) is 11.1 Å². The van der Waals surface area contributed by atoms with Crippen molar-refractivity contribution < 1.29 is 0 Å². The Bertz CT molecular complexity index is 527. The lowest BCUT2D eigenvalue weighted by molar-refractivity contribution is 1.61. The zero-order valence-corrected chi connectivity index (χ0v) is 11.9. The third-order valence-corrected chi connectivity index (χ3v) is 3.39. The van der Waals surface area contributed by atoms with Crippen LogP contribution in [0.15, 0.2) is 53.0 Å². The van der Waals surface area contributed by atoms with Gasteiger partial charge in [-0.15, -0.1) is 0 Å². The highest BCUT2D eigenvalue weighted by atomic mass is 79.9. The first-order chi connectivity index (χ1) is 8.15. The van der Waals surface area contributed by atoms with Gasteiger partial charge in [0.25, 0.3) is 0 Å². The molecule has 0 heterocycles. The summed E-state index contributed by atoms with van der Waals surface area (Å²) in [6, 6.07) is 15.4. The first kappa shape index (κ1) is 12.7. The summed E-state index contributed by atoms with van der Waals surface area (Å²) in [6.45, 7) is 0. The van der Waals surface area contributed by atoms with Crippen LogP contribution in [0.5, 0.6) is 0 Å². The molecule has 0 nitrogen and oxygen atoms in total. The van der Waals surface area contributed by atoms with Gasteiger partial charge < -0.3 is 0 Å². The van der Waals surface area contributed by atoms with E-state index in [1.54, 1.807) is 0 Å². The zero-order chi connectivity index (χ0) is 12.3. The molecule has 0 aromatic heterocycles. The van der Waals surface area contributed by atoms with E-state index < -0.39 is 0 Å². The molecule has 2 rings (SSSR count). The van der Waals surface area contributed by atoms with Crippen molar-refractivity contribution in [3.05, 3.63) is 69.2 Å². The van der Waals surface area contributed by atoms with E-state index in [4.69, 9.17) is 23.2 Å². The fourth-order valence-corrected chi connectivity index (χ4v) is 2.04. The van der Waals surface area contributed by atoms with Crippen LogP contribution < -0.4 is 0 Å². The number of halogens is 3. The van der Waals surface area contributed by atoms with Crippen LogP contribution in [0.3, 0.4) is 0 Å². The second-order valence-corrected chi connectivity index (χ2v) is 5.31. The van der Waals surface area contributed by atoms with Crippen molar-refractivity contribution in [1.29, 1.82) is 0 Å². The van der Waals surface area contributed by atoms with Crippen molar-refractivity contribution in [2.75, 3.05) is 0 Å². The first-order valence-electron chi connectivity index (χ1n) is 5.04. The molecule has 3 heteroatoms. The van der Waals surface area contributed by atoms with Crippen molar-refractivity contribution >= 4 is 50.2 Å². The lowest BCUT2D eigenvalue weighted by Crippen LogP contribution is -1.77. The number of hydrogen-bond acceptors (Lipinski definition) is 0. The molecule has 0 saturated carbocycles. The van der Waals surface area contributed by atoms with E-state index in [1.165, 1.54) is 0 Å². The predicted octanol–water partition coefficient (Wildman–Crippen LogP) is 5.84. The minimum atomic E-state index is 0.698. The van der Waals surface area contributed by atoms with E-state index in [1.807, 2.05) is 54.6 Å². The number of hydrogen-bond donors (Lipinski definition) is 0. The maximum atomic E-state index is 6.24.